The van der Waals surface area contributed by atoms with Gasteiger partial charge in [-0.3, -0.25) is 0 Å². The normalized spacial score (nSPS) is 15.6. The van der Waals surface area contributed by atoms with Crippen molar-refractivity contribution in [1.82, 2.24) is 4.31 Å². The van der Waals surface area contributed by atoms with Crippen molar-refractivity contribution < 1.29 is 17.9 Å². The van der Waals surface area contributed by atoms with E-state index in [0.717, 1.165) is 31.2 Å². The summed E-state index contributed by atoms with van der Waals surface area (Å²) in [7, 11) is -3.57. The number of rotatable bonds is 5. The average Bonchev–Trinajstić information content (AvgIpc) is 2.69. The van der Waals surface area contributed by atoms with Crippen molar-refractivity contribution in [2.45, 2.75) is 37.5 Å². The zero-order valence-electron chi connectivity index (χ0n) is 14.8. The first-order valence-electron chi connectivity index (χ1n) is 8.92. The number of carbonyl (C=O) groups excluding carboxylic acids is 1. The van der Waals surface area contributed by atoms with Gasteiger partial charge in [-0.05, 0) is 55.2 Å². The summed E-state index contributed by atoms with van der Waals surface area (Å²) in [6, 6.07) is 13.4. The van der Waals surface area contributed by atoms with Crippen LogP contribution >= 0.6 is 0 Å². The molecule has 2 aromatic carbocycles. The van der Waals surface area contributed by atoms with Gasteiger partial charge < -0.3 is 4.74 Å². The summed E-state index contributed by atoms with van der Waals surface area (Å²) in [5.41, 5.74) is 1.38. The van der Waals surface area contributed by atoms with Crippen LogP contribution in [-0.2, 0) is 16.4 Å². The molecule has 1 saturated heterocycles. The molecule has 0 unspecified atom stereocenters. The number of nitrogens with zero attached hydrogens (tertiary/aromatic N) is 1. The van der Waals surface area contributed by atoms with Gasteiger partial charge in [0, 0.05) is 13.1 Å². The summed E-state index contributed by atoms with van der Waals surface area (Å²) in [4.78, 5) is 12.5. The Morgan fingerprint density at radius 3 is 2.38 bits per heavy atom. The maximum Gasteiger partial charge on any atom is 0.343 e. The molecule has 0 aromatic heterocycles. The fourth-order valence-electron chi connectivity index (χ4n) is 3.00. The topological polar surface area (TPSA) is 63.7 Å². The Balaban J connectivity index is 1.78. The highest BCUT2D eigenvalue weighted by atomic mass is 32.2. The SMILES string of the molecule is CCc1ccc(OC(=O)c2cccc(S(=O)(=O)N3CCCCC3)c2)cc1. The maximum atomic E-state index is 12.8. The lowest BCUT2D eigenvalue weighted by Crippen LogP contribution is -2.35. The van der Waals surface area contributed by atoms with Gasteiger partial charge in [-0.25, -0.2) is 13.2 Å². The quantitative estimate of drug-likeness (QED) is 0.593. The first kappa shape index (κ1) is 18.6. The summed E-state index contributed by atoms with van der Waals surface area (Å²) >= 11 is 0. The third-order valence-electron chi connectivity index (χ3n) is 4.56. The number of carbonyl (C=O) groups is 1. The lowest BCUT2D eigenvalue weighted by molar-refractivity contribution is 0.0734. The second-order valence-corrected chi connectivity index (χ2v) is 8.32. The van der Waals surface area contributed by atoms with Crippen molar-refractivity contribution in [2.24, 2.45) is 0 Å². The van der Waals surface area contributed by atoms with Gasteiger partial charge in [-0.1, -0.05) is 31.5 Å². The first-order chi connectivity index (χ1) is 12.5. The largest absolute Gasteiger partial charge is 0.423 e. The third-order valence-corrected chi connectivity index (χ3v) is 6.46. The molecule has 3 rings (SSSR count). The second kappa shape index (κ2) is 8.01. The summed E-state index contributed by atoms with van der Waals surface area (Å²) in [6.07, 6.45) is 3.70. The van der Waals surface area contributed by atoms with Crippen molar-refractivity contribution in [3.63, 3.8) is 0 Å². The Morgan fingerprint density at radius 2 is 1.73 bits per heavy atom. The minimum absolute atomic E-state index is 0.134. The number of aryl methyl sites for hydroxylation is 1. The molecule has 1 heterocycles. The molecule has 0 amide bonds. The van der Waals surface area contributed by atoms with Gasteiger partial charge >= 0.3 is 5.97 Å². The smallest absolute Gasteiger partial charge is 0.343 e. The van der Waals surface area contributed by atoms with Gasteiger partial charge in [0.05, 0.1) is 10.5 Å². The van der Waals surface area contributed by atoms with Crippen molar-refractivity contribution in [3.8, 4) is 5.75 Å². The highest BCUT2D eigenvalue weighted by Crippen LogP contribution is 2.22. The van der Waals surface area contributed by atoms with E-state index in [1.165, 1.54) is 16.4 Å². The lowest BCUT2D eigenvalue weighted by Gasteiger charge is -2.25. The van der Waals surface area contributed by atoms with E-state index in [1.54, 1.807) is 24.3 Å². The van der Waals surface area contributed by atoms with Crippen LogP contribution in [-0.4, -0.2) is 31.8 Å². The van der Waals surface area contributed by atoms with Crippen LogP contribution in [0.3, 0.4) is 0 Å². The van der Waals surface area contributed by atoms with Crippen molar-refractivity contribution in [3.05, 3.63) is 59.7 Å². The highest BCUT2D eigenvalue weighted by Gasteiger charge is 2.26. The Morgan fingerprint density at radius 1 is 1.04 bits per heavy atom. The number of benzene rings is 2. The van der Waals surface area contributed by atoms with Gasteiger partial charge in [0.1, 0.15) is 5.75 Å². The van der Waals surface area contributed by atoms with E-state index in [-0.39, 0.29) is 10.5 Å². The first-order valence-corrected chi connectivity index (χ1v) is 10.4. The molecule has 0 atom stereocenters. The standard InChI is InChI=1S/C20H23NO4S/c1-2-16-9-11-18(12-10-16)25-20(22)17-7-6-8-19(15-17)26(23,24)21-13-4-3-5-14-21/h6-12,15H,2-5,13-14H2,1H3. The molecule has 0 bridgehead atoms. The molecule has 1 aliphatic rings. The van der Waals surface area contributed by atoms with Crippen LogP contribution in [0, 0.1) is 0 Å². The van der Waals surface area contributed by atoms with E-state index >= 15 is 0 Å². The van der Waals surface area contributed by atoms with Crippen LogP contribution in [0.25, 0.3) is 0 Å². The second-order valence-electron chi connectivity index (χ2n) is 6.38. The molecule has 0 aliphatic carbocycles. The predicted molar refractivity (Wildman–Crippen MR) is 99.8 cm³/mol. The molecule has 6 heteroatoms. The number of esters is 1. The van der Waals surface area contributed by atoms with E-state index in [9.17, 15) is 13.2 Å². The Kier molecular flexibility index (Phi) is 5.74. The Hall–Kier alpha value is -2.18. The fraction of sp³-hybridized carbons (Fsp3) is 0.350. The van der Waals surface area contributed by atoms with E-state index < -0.39 is 16.0 Å². The molecule has 0 spiro atoms. The predicted octanol–water partition coefficient (Wildman–Crippen LogP) is 3.64. The minimum atomic E-state index is -3.57. The molecular weight excluding hydrogens is 350 g/mol. The summed E-state index contributed by atoms with van der Waals surface area (Å²) in [5, 5.41) is 0. The summed E-state index contributed by atoms with van der Waals surface area (Å²) in [6.45, 7) is 3.11. The monoisotopic (exact) mass is 373 g/mol. The van der Waals surface area contributed by atoms with E-state index in [4.69, 9.17) is 4.74 Å². The lowest BCUT2D eigenvalue weighted by atomic mass is 10.2. The summed E-state index contributed by atoms with van der Waals surface area (Å²) in [5.74, 6) is -0.124. The van der Waals surface area contributed by atoms with Gasteiger partial charge in [0.25, 0.3) is 0 Å². The third kappa shape index (κ3) is 4.14. The van der Waals surface area contributed by atoms with Crippen LogP contribution in [0.1, 0.15) is 42.1 Å². The van der Waals surface area contributed by atoms with Crippen LogP contribution in [0.4, 0.5) is 0 Å². The minimum Gasteiger partial charge on any atom is -0.423 e. The van der Waals surface area contributed by atoms with Gasteiger partial charge in [-0.2, -0.15) is 4.31 Å². The molecule has 0 saturated carbocycles. The van der Waals surface area contributed by atoms with Crippen LogP contribution < -0.4 is 4.74 Å². The molecule has 1 fully saturated rings. The van der Waals surface area contributed by atoms with Crippen LogP contribution in [0.5, 0.6) is 5.75 Å². The van der Waals surface area contributed by atoms with Gasteiger partial charge in [-0.15, -0.1) is 0 Å². The van der Waals surface area contributed by atoms with Crippen molar-refractivity contribution in [2.75, 3.05) is 13.1 Å². The van der Waals surface area contributed by atoms with Gasteiger partial charge in [0.15, 0.2) is 0 Å². The molecular formula is C20H23NO4S. The fourth-order valence-corrected chi connectivity index (χ4v) is 4.56. The Labute approximate surface area is 154 Å². The maximum absolute atomic E-state index is 12.8. The molecule has 138 valence electrons. The van der Waals surface area contributed by atoms with Crippen LogP contribution in [0.15, 0.2) is 53.4 Å². The van der Waals surface area contributed by atoms with E-state index in [1.807, 2.05) is 12.1 Å². The van der Waals surface area contributed by atoms with E-state index in [2.05, 4.69) is 6.92 Å². The van der Waals surface area contributed by atoms with Gasteiger partial charge in [0.2, 0.25) is 10.0 Å². The van der Waals surface area contributed by atoms with Crippen molar-refractivity contribution in [1.29, 1.82) is 0 Å². The van der Waals surface area contributed by atoms with E-state index in [0.29, 0.717) is 18.8 Å². The molecule has 0 radical (unpaired) electrons. The number of piperidine rings is 1. The zero-order chi connectivity index (χ0) is 18.6. The number of ether oxygens (including phenoxy) is 1. The summed E-state index contributed by atoms with van der Waals surface area (Å²) < 4.78 is 32.4. The van der Waals surface area contributed by atoms with Crippen molar-refractivity contribution >= 4 is 16.0 Å². The number of sulfonamides is 1. The van der Waals surface area contributed by atoms with Crippen LogP contribution in [0.2, 0.25) is 0 Å². The number of hydrogen-bond donors (Lipinski definition) is 0. The molecule has 1 aliphatic heterocycles. The Bertz CT molecular complexity index is 869. The highest BCUT2D eigenvalue weighted by molar-refractivity contribution is 7.89. The molecule has 26 heavy (non-hydrogen) atoms. The zero-order valence-corrected chi connectivity index (χ0v) is 15.7. The molecule has 2 aromatic rings. The average molecular weight is 373 g/mol. The molecule has 5 nitrogen and oxygen atoms in total. The number of hydrogen-bond acceptors (Lipinski definition) is 4. The molecule has 0 N–H and O–H groups in total.